The molecule has 1 nitrogen and oxygen atoms in total. The van der Waals surface area contributed by atoms with Crippen LogP contribution in [0.1, 0.15) is 22.3 Å². The molecule has 0 bridgehead atoms. The molecule has 20 heavy (non-hydrogen) atoms. The van der Waals surface area contributed by atoms with Gasteiger partial charge in [-0.15, -0.1) is 0 Å². The Kier molecular flexibility index (Phi) is 3.58. The number of aryl methyl sites for hydroxylation is 1. The second-order valence-electron chi connectivity index (χ2n) is 5.78. The zero-order chi connectivity index (χ0) is 14.1. The van der Waals surface area contributed by atoms with E-state index in [-0.39, 0.29) is 11.7 Å². The van der Waals surface area contributed by atoms with E-state index in [2.05, 4.69) is 12.1 Å². The molecule has 0 saturated carbocycles. The molecule has 0 aliphatic heterocycles. The first-order valence-corrected chi connectivity index (χ1v) is 7.13. The van der Waals surface area contributed by atoms with Crippen LogP contribution in [0.15, 0.2) is 42.5 Å². The topological polar surface area (TPSA) is 20.2 Å². The van der Waals surface area contributed by atoms with Crippen molar-refractivity contribution in [2.24, 2.45) is 5.92 Å². The monoisotopic (exact) mass is 270 g/mol. The third kappa shape index (κ3) is 2.61. The zero-order valence-electron chi connectivity index (χ0n) is 11.6. The van der Waals surface area contributed by atoms with Gasteiger partial charge in [-0.25, -0.2) is 4.39 Å². The van der Waals surface area contributed by atoms with E-state index in [1.807, 2.05) is 19.1 Å². The maximum Gasteiger partial charge on any atom is 0.123 e. The van der Waals surface area contributed by atoms with Crippen LogP contribution in [0.3, 0.4) is 0 Å². The number of hydrogen-bond acceptors (Lipinski definition) is 1. The fraction of sp³-hybridized carbons (Fsp3) is 0.333. The Labute approximate surface area is 119 Å². The maximum atomic E-state index is 13.3. The Morgan fingerprint density at radius 1 is 1.15 bits per heavy atom. The Bertz CT molecular complexity index is 596. The van der Waals surface area contributed by atoms with Crippen molar-refractivity contribution in [1.82, 2.24) is 0 Å². The standard InChI is InChI=1S/C18H19FO/c1-12-6-7-17(19)10-15(12)11-18(20)16-8-13-4-2-3-5-14(13)9-16/h2-7,10,16,18,20H,8-9,11H2,1H3. The molecule has 104 valence electrons. The summed E-state index contributed by atoms with van der Waals surface area (Å²) in [5.74, 6) is 0.0163. The zero-order valence-corrected chi connectivity index (χ0v) is 11.6. The van der Waals surface area contributed by atoms with Gasteiger partial charge in [0.1, 0.15) is 5.82 Å². The van der Waals surface area contributed by atoms with Crippen molar-refractivity contribution in [2.45, 2.75) is 32.3 Å². The van der Waals surface area contributed by atoms with Gasteiger partial charge in [0, 0.05) is 0 Å². The highest BCUT2D eigenvalue weighted by Crippen LogP contribution is 2.30. The van der Waals surface area contributed by atoms with Crippen molar-refractivity contribution in [1.29, 1.82) is 0 Å². The molecule has 0 fully saturated rings. The molecule has 0 aromatic heterocycles. The van der Waals surface area contributed by atoms with Crippen LogP contribution in [0.25, 0.3) is 0 Å². The lowest BCUT2D eigenvalue weighted by molar-refractivity contribution is 0.112. The predicted molar refractivity (Wildman–Crippen MR) is 78.2 cm³/mol. The summed E-state index contributed by atoms with van der Waals surface area (Å²) in [6, 6.07) is 13.2. The van der Waals surface area contributed by atoms with E-state index in [0.29, 0.717) is 6.42 Å². The molecule has 2 aromatic carbocycles. The average molecular weight is 270 g/mol. The van der Waals surface area contributed by atoms with Crippen LogP contribution < -0.4 is 0 Å². The second kappa shape index (κ2) is 5.37. The summed E-state index contributed by atoms with van der Waals surface area (Å²) in [5, 5.41) is 10.5. The van der Waals surface area contributed by atoms with E-state index in [9.17, 15) is 9.50 Å². The highest BCUT2D eigenvalue weighted by atomic mass is 19.1. The summed E-state index contributed by atoms with van der Waals surface area (Å²) >= 11 is 0. The van der Waals surface area contributed by atoms with Crippen LogP contribution in [0.5, 0.6) is 0 Å². The maximum absolute atomic E-state index is 13.3. The predicted octanol–water partition coefficient (Wildman–Crippen LogP) is 3.45. The molecule has 1 atom stereocenters. The van der Waals surface area contributed by atoms with Crippen LogP contribution in [-0.4, -0.2) is 11.2 Å². The normalized spacial score (nSPS) is 16.1. The van der Waals surface area contributed by atoms with Gasteiger partial charge in [-0.2, -0.15) is 0 Å². The second-order valence-corrected chi connectivity index (χ2v) is 5.78. The van der Waals surface area contributed by atoms with Crippen LogP contribution in [-0.2, 0) is 19.3 Å². The molecule has 2 aromatic rings. The molecule has 3 rings (SSSR count). The SMILES string of the molecule is Cc1ccc(F)cc1CC(O)C1Cc2ccccc2C1. The molecule has 0 radical (unpaired) electrons. The van der Waals surface area contributed by atoms with Gasteiger partial charge in [0.25, 0.3) is 0 Å². The minimum absolute atomic E-state index is 0.229. The first-order valence-electron chi connectivity index (χ1n) is 7.13. The summed E-state index contributed by atoms with van der Waals surface area (Å²) in [6.07, 6.45) is 1.96. The summed E-state index contributed by atoms with van der Waals surface area (Å²) in [4.78, 5) is 0. The molecule has 0 amide bonds. The fourth-order valence-electron chi connectivity index (χ4n) is 3.12. The third-order valence-corrected chi connectivity index (χ3v) is 4.37. The summed E-state index contributed by atoms with van der Waals surface area (Å²) in [5.41, 5.74) is 4.63. The van der Waals surface area contributed by atoms with Crippen LogP contribution in [0, 0.1) is 18.7 Å². The van der Waals surface area contributed by atoms with E-state index in [1.165, 1.54) is 17.2 Å². The molecule has 1 N–H and O–H groups in total. The molecule has 1 aliphatic carbocycles. The van der Waals surface area contributed by atoms with Crippen molar-refractivity contribution in [3.8, 4) is 0 Å². The van der Waals surface area contributed by atoms with Crippen LogP contribution in [0.4, 0.5) is 4.39 Å². The van der Waals surface area contributed by atoms with Crippen molar-refractivity contribution in [2.75, 3.05) is 0 Å². The van der Waals surface area contributed by atoms with Crippen LogP contribution in [0.2, 0.25) is 0 Å². The number of halogens is 1. The Balaban J connectivity index is 1.72. The quantitative estimate of drug-likeness (QED) is 0.905. The van der Waals surface area contributed by atoms with E-state index < -0.39 is 6.10 Å². The number of hydrogen-bond donors (Lipinski definition) is 1. The number of aliphatic hydroxyl groups is 1. The molecular formula is C18H19FO. The van der Waals surface area contributed by atoms with Gasteiger partial charge in [-0.3, -0.25) is 0 Å². The van der Waals surface area contributed by atoms with Gasteiger partial charge in [0.15, 0.2) is 0 Å². The van der Waals surface area contributed by atoms with E-state index in [4.69, 9.17) is 0 Å². The Morgan fingerprint density at radius 3 is 2.45 bits per heavy atom. The first-order chi connectivity index (χ1) is 9.63. The minimum atomic E-state index is -0.414. The molecule has 1 unspecified atom stereocenters. The number of rotatable bonds is 3. The van der Waals surface area contributed by atoms with Gasteiger partial charge in [0.2, 0.25) is 0 Å². The molecule has 0 saturated heterocycles. The highest BCUT2D eigenvalue weighted by molar-refractivity contribution is 5.33. The minimum Gasteiger partial charge on any atom is -0.392 e. The van der Waals surface area contributed by atoms with Crippen molar-refractivity contribution in [3.63, 3.8) is 0 Å². The highest BCUT2D eigenvalue weighted by Gasteiger charge is 2.27. The lowest BCUT2D eigenvalue weighted by Crippen LogP contribution is -2.23. The lowest BCUT2D eigenvalue weighted by atomic mass is 9.92. The summed E-state index contributed by atoms with van der Waals surface area (Å²) in [6.45, 7) is 1.96. The van der Waals surface area contributed by atoms with Gasteiger partial charge < -0.3 is 5.11 Å². The smallest absolute Gasteiger partial charge is 0.123 e. The molecule has 0 heterocycles. The summed E-state index contributed by atoms with van der Waals surface area (Å²) in [7, 11) is 0. The Morgan fingerprint density at radius 2 is 1.80 bits per heavy atom. The van der Waals surface area contributed by atoms with E-state index in [1.54, 1.807) is 12.1 Å². The van der Waals surface area contributed by atoms with Crippen molar-refractivity contribution < 1.29 is 9.50 Å². The van der Waals surface area contributed by atoms with Gasteiger partial charge in [-0.1, -0.05) is 30.3 Å². The van der Waals surface area contributed by atoms with Crippen molar-refractivity contribution in [3.05, 3.63) is 70.5 Å². The van der Waals surface area contributed by atoms with Gasteiger partial charge in [0.05, 0.1) is 6.10 Å². The largest absolute Gasteiger partial charge is 0.392 e. The van der Waals surface area contributed by atoms with Crippen LogP contribution >= 0.6 is 0 Å². The van der Waals surface area contributed by atoms with Gasteiger partial charge >= 0.3 is 0 Å². The number of benzene rings is 2. The molecule has 2 heteroatoms. The van der Waals surface area contributed by atoms with E-state index >= 15 is 0 Å². The molecule has 0 spiro atoms. The Hall–Kier alpha value is -1.67. The third-order valence-electron chi connectivity index (χ3n) is 4.37. The number of aliphatic hydroxyl groups excluding tert-OH is 1. The lowest BCUT2D eigenvalue weighted by Gasteiger charge is -2.19. The fourth-order valence-corrected chi connectivity index (χ4v) is 3.12. The summed E-state index contributed by atoms with van der Waals surface area (Å²) < 4.78 is 13.3. The van der Waals surface area contributed by atoms with E-state index in [0.717, 1.165) is 24.0 Å². The molecular weight excluding hydrogens is 251 g/mol. The van der Waals surface area contributed by atoms with Crippen molar-refractivity contribution >= 4 is 0 Å². The first kappa shape index (κ1) is 13.3. The van der Waals surface area contributed by atoms with Gasteiger partial charge in [-0.05, 0) is 66.5 Å². The molecule has 1 aliphatic rings. The average Bonchev–Trinajstić information content (AvgIpc) is 2.87. The number of fused-ring (bicyclic) bond motifs is 1.